The topological polar surface area (TPSA) is 133 Å². The summed E-state index contributed by atoms with van der Waals surface area (Å²) in [6.07, 6.45) is 3.65. The number of aliphatic hydroxyl groups excluding tert-OH is 1. The van der Waals surface area contributed by atoms with Crippen LogP contribution in [0.25, 0.3) is 0 Å². The predicted octanol–water partition coefficient (Wildman–Crippen LogP) is 4.96. The minimum Gasteiger partial charge on any atom is -0.445 e. The average molecular weight is 690 g/mol. The molecule has 0 unspecified atom stereocenters. The van der Waals surface area contributed by atoms with Gasteiger partial charge in [-0.05, 0) is 69.2 Å². The minimum atomic E-state index is -1.00. The third-order valence-corrected chi connectivity index (χ3v) is 9.67. The second-order valence-corrected chi connectivity index (χ2v) is 15.4. The Morgan fingerprint density at radius 1 is 0.959 bits per heavy atom. The molecule has 1 saturated heterocycles. The van der Waals surface area contributed by atoms with Gasteiger partial charge in [0.05, 0.1) is 18.2 Å². The number of piperidine rings is 1. The molecule has 0 radical (unpaired) electrons. The molecule has 1 aliphatic rings. The van der Waals surface area contributed by atoms with Gasteiger partial charge in [-0.15, -0.1) is 11.8 Å². The van der Waals surface area contributed by atoms with Crippen molar-refractivity contribution in [2.45, 2.75) is 100 Å². The lowest BCUT2D eigenvalue weighted by Gasteiger charge is -2.41. The van der Waals surface area contributed by atoms with Gasteiger partial charge in [-0.2, -0.15) is 0 Å². The van der Waals surface area contributed by atoms with Crippen molar-refractivity contribution in [2.24, 2.45) is 5.92 Å². The van der Waals surface area contributed by atoms with Crippen LogP contribution in [0.3, 0.4) is 0 Å². The molecular formula is C38H51N5O5S. The van der Waals surface area contributed by atoms with Crippen molar-refractivity contribution in [3.05, 3.63) is 96.3 Å². The molecule has 3 amide bonds. The van der Waals surface area contributed by atoms with Crippen LogP contribution in [0, 0.1) is 5.92 Å². The molecule has 4 N–H and O–H groups in total. The molecule has 264 valence electrons. The van der Waals surface area contributed by atoms with Gasteiger partial charge in [0, 0.05) is 41.2 Å². The normalized spacial score (nSPS) is 18.6. The number of alkyl carbamates (subject to hydrolysis) is 1. The fourth-order valence-corrected chi connectivity index (χ4v) is 7.03. The summed E-state index contributed by atoms with van der Waals surface area (Å²) in [5, 5.41) is 20.9. The Bertz CT molecular complexity index is 1470. The van der Waals surface area contributed by atoms with Gasteiger partial charge in [0.2, 0.25) is 11.8 Å². The number of ether oxygens (including phenoxy) is 1. The lowest BCUT2D eigenvalue weighted by Crippen LogP contribution is -2.60. The Morgan fingerprint density at radius 2 is 1.59 bits per heavy atom. The van der Waals surface area contributed by atoms with Crippen LogP contribution in [0.5, 0.6) is 0 Å². The van der Waals surface area contributed by atoms with E-state index in [0.29, 0.717) is 19.4 Å². The van der Waals surface area contributed by atoms with Gasteiger partial charge in [0.25, 0.3) is 0 Å². The first kappa shape index (κ1) is 37.9. The van der Waals surface area contributed by atoms with E-state index in [9.17, 15) is 19.5 Å². The van der Waals surface area contributed by atoms with Gasteiger partial charge < -0.3 is 25.8 Å². The first-order valence-electron chi connectivity index (χ1n) is 17.0. The summed E-state index contributed by atoms with van der Waals surface area (Å²) >= 11 is 1.74. The zero-order valence-electron chi connectivity index (χ0n) is 29.2. The lowest BCUT2D eigenvalue weighted by molar-refractivity contribution is -0.130. The van der Waals surface area contributed by atoms with Gasteiger partial charge >= 0.3 is 6.09 Å². The number of benzene rings is 2. The molecule has 2 heterocycles. The lowest BCUT2D eigenvalue weighted by atomic mass is 9.95. The summed E-state index contributed by atoms with van der Waals surface area (Å²) in [4.78, 5) is 47.4. The highest BCUT2D eigenvalue weighted by Gasteiger charge is 2.38. The standard InChI is InChI=1S/C38H51N5O5S/c1-26(2)34(41-37(47)48-25-28-14-10-7-11-15-28)36(46)40-31(22-27-12-8-6-9-13-27)33(44)24-43-21-18-30(49-29-16-19-39-20-17-29)23-32(43)35(45)42-38(3,4)5/h6-17,19-20,26,30-34,44H,18,21-25H2,1-5H3,(H,40,46)(H,41,47)(H,42,45)/t30-,31+,32+,33-,34+/m1/s1. The Morgan fingerprint density at radius 3 is 2.20 bits per heavy atom. The molecule has 0 spiro atoms. The maximum absolute atomic E-state index is 13.8. The maximum Gasteiger partial charge on any atom is 0.408 e. The highest BCUT2D eigenvalue weighted by molar-refractivity contribution is 8.00. The first-order chi connectivity index (χ1) is 23.4. The number of hydrogen-bond acceptors (Lipinski definition) is 8. The number of hydrogen-bond donors (Lipinski definition) is 4. The van der Waals surface area contributed by atoms with Crippen LogP contribution in [0.15, 0.2) is 90.1 Å². The van der Waals surface area contributed by atoms with Gasteiger partial charge in [-0.3, -0.25) is 19.5 Å². The van der Waals surface area contributed by atoms with Crippen LogP contribution in [0.4, 0.5) is 4.79 Å². The average Bonchev–Trinajstić information content (AvgIpc) is 3.07. The van der Waals surface area contributed by atoms with Crippen LogP contribution in [0.1, 0.15) is 58.6 Å². The molecule has 2 aromatic carbocycles. The number of β-amino-alcohol motifs (C(OH)–C–C–N with tert-alkyl or cyclic N) is 1. The fraction of sp³-hybridized carbons (Fsp3) is 0.474. The zero-order valence-corrected chi connectivity index (χ0v) is 30.0. The summed E-state index contributed by atoms with van der Waals surface area (Å²) in [6, 6.07) is 20.9. The number of carbonyl (C=O) groups is 3. The summed E-state index contributed by atoms with van der Waals surface area (Å²) < 4.78 is 5.39. The van der Waals surface area contributed by atoms with E-state index in [-0.39, 0.29) is 30.2 Å². The Hall–Kier alpha value is -3.93. The van der Waals surface area contributed by atoms with Crippen molar-refractivity contribution in [1.29, 1.82) is 0 Å². The fourth-order valence-electron chi connectivity index (χ4n) is 5.86. The first-order valence-corrected chi connectivity index (χ1v) is 17.9. The second-order valence-electron chi connectivity index (χ2n) is 14.0. The number of amides is 3. The summed E-state index contributed by atoms with van der Waals surface area (Å²) in [7, 11) is 0. The van der Waals surface area contributed by atoms with E-state index in [4.69, 9.17) is 4.74 Å². The van der Waals surface area contributed by atoms with E-state index in [1.165, 1.54) is 0 Å². The monoisotopic (exact) mass is 689 g/mol. The molecule has 5 atom stereocenters. The smallest absolute Gasteiger partial charge is 0.408 e. The Labute approximate surface area is 294 Å². The molecule has 0 aliphatic carbocycles. The van der Waals surface area contributed by atoms with Gasteiger partial charge in [0.15, 0.2) is 0 Å². The number of pyridine rings is 1. The SMILES string of the molecule is CC(C)[C@H](NC(=O)OCc1ccccc1)C(=O)N[C@@H](Cc1ccccc1)[C@H](O)CN1CC[C@@H](Sc2ccncc2)C[C@H]1C(=O)NC(C)(C)C. The third-order valence-electron chi connectivity index (χ3n) is 8.37. The molecule has 1 aliphatic heterocycles. The molecule has 49 heavy (non-hydrogen) atoms. The number of carbonyl (C=O) groups excluding carboxylic acids is 3. The van der Waals surface area contributed by atoms with E-state index >= 15 is 0 Å². The number of nitrogens with one attached hydrogen (secondary N) is 3. The van der Waals surface area contributed by atoms with Crippen LogP contribution in [-0.2, 0) is 27.4 Å². The Balaban J connectivity index is 1.48. The number of nitrogens with zero attached hydrogens (tertiary/aromatic N) is 2. The molecule has 4 rings (SSSR count). The molecule has 1 aromatic heterocycles. The molecule has 3 aromatic rings. The molecule has 10 nitrogen and oxygen atoms in total. The number of thioether (sulfide) groups is 1. The van der Waals surface area contributed by atoms with Gasteiger partial charge in [-0.25, -0.2) is 4.79 Å². The van der Waals surface area contributed by atoms with Crippen molar-refractivity contribution >= 4 is 29.7 Å². The summed E-state index contributed by atoms with van der Waals surface area (Å²) in [5.74, 6) is -0.747. The molecule has 0 bridgehead atoms. The molecular weight excluding hydrogens is 639 g/mol. The number of likely N-dealkylation sites (tertiary alicyclic amines) is 1. The maximum atomic E-state index is 13.8. The van der Waals surface area contributed by atoms with E-state index in [1.807, 2.05) is 112 Å². The van der Waals surface area contributed by atoms with Crippen LogP contribution >= 0.6 is 11.8 Å². The zero-order chi connectivity index (χ0) is 35.4. The van der Waals surface area contributed by atoms with Crippen LogP contribution in [-0.4, -0.2) is 81.0 Å². The van der Waals surface area contributed by atoms with Crippen molar-refractivity contribution in [3.63, 3.8) is 0 Å². The van der Waals surface area contributed by atoms with Crippen molar-refractivity contribution in [1.82, 2.24) is 25.8 Å². The van der Waals surface area contributed by atoms with Crippen molar-refractivity contribution in [2.75, 3.05) is 13.1 Å². The van der Waals surface area contributed by atoms with Crippen LogP contribution < -0.4 is 16.0 Å². The van der Waals surface area contributed by atoms with Crippen LogP contribution in [0.2, 0.25) is 0 Å². The number of aromatic nitrogens is 1. The Kier molecular flexibility index (Phi) is 14.0. The van der Waals surface area contributed by atoms with Gasteiger partial charge in [0.1, 0.15) is 12.6 Å². The van der Waals surface area contributed by atoms with E-state index in [2.05, 4.69) is 20.9 Å². The van der Waals surface area contributed by atoms with Gasteiger partial charge in [-0.1, -0.05) is 74.5 Å². The minimum absolute atomic E-state index is 0.0795. The highest BCUT2D eigenvalue weighted by Crippen LogP contribution is 2.33. The number of rotatable bonds is 14. The summed E-state index contributed by atoms with van der Waals surface area (Å²) in [6.45, 7) is 10.4. The highest BCUT2D eigenvalue weighted by atomic mass is 32.2. The van der Waals surface area contributed by atoms with E-state index in [1.54, 1.807) is 24.2 Å². The molecule has 0 saturated carbocycles. The molecule has 1 fully saturated rings. The molecule has 11 heteroatoms. The quantitative estimate of drug-likeness (QED) is 0.187. The third kappa shape index (κ3) is 12.5. The van der Waals surface area contributed by atoms with Crippen molar-refractivity contribution < 1.29 is 24.2 Å². The van der Waals surface area contributed by atoms with E-state index < -0.39 is 41.8 Å². The summed E-state index contributed by atoms with van der Waals surface area (Å²) in [5.41, 5.74) is 1.36. The van der Waals surface area contributed by atoms with E-state index in [0.717, 1.165) is 22.4 Å². The predicted molar refractivity (Wildman–Crippen MR) is 193 cm³/mol. The van der Waals surface area contributed by atoms with Crippen molar-refractivity contribution in [3.8, 4) is 0 Å². The largest absolute Gasteiger partial charge is 0.445 e. The second kappa shape index (κ2) is 18.2. The number of aliphatic hydroxyl groups is 1.